The third-order valence-electron chi connectivity index (χ3n) is 4.45. The Balaban J connectivity index is 1.77. The second kappa shape index (κ2) is 12.6. The Morgan fingerprint density at radius 3 is 1.91 bits per heavy atom. The fourth-order valence-electron chi connectivity index (χ4n) is 2.86. The minimum Gasteiger partial charge on any atom is -0.460 e. The molecule has 1 amide bonds. The van der Waals surface area contributed by atoms with E-state index in [1.54, 1.807) is 43.3 Å². The molecule has 0 bridgehead atoms. The summed E-state index contributed by atoms with van der Waals surface area (Å²) in [5.74, 6) is -0.189. The fraction of sp³-hybridized carbons (Fsp3) is 0.120. The van der Waals surface area contributed by atoms with Crippen molar-refractivity contribution >= 4 is 69.4 Å². The zero-order valence-corrected chi connectivity index (χ0v) is 22.3. The maximum Gasteiger partial charge on any atom is 0.412 e. The highest BCUT2D eigenvalue weighted by atomic mass is 35.5. The number of esters is 1. The van der Waals surface area contributed by atoms with Gasteiger partial charge in [0.05, 0.1) is 16.6 Å². The first-order valence-electron chi connectivity index (χ1n) is 10.2. The molecule has 3 rings (SSSR count). The van der Waals surface area contributed by atoms with Gasteiger partial charge in [-0.1, -0.05) is 53.0 Å². The number of amides is 1. The molecule has 0 fully saturated rings. The van der Waals surface area contributed by atoms with Gasteiger partial charge >= 0.3 is 12.1 Å². The van der Waals surface area contributed by atoms with Crippen molar-refractivity contribution in [3.8, 4) is 5.75 Å². The number of hydrogen-bond donors (Lipinski definition) is 1. The molecule has 0 radical (unpaired) electrons. The van der Waals surface area contributed by atoms with Crippen molar-refractivity contribution in [3.05, 3.63) is 92.9 Å². The second-order valence-corrected chi connectivity index (χ2v) is 10.8. The van der Waals surface area contributed by atoms with Gasteiger partial charge in [0.15, 0.2) is 14.7 Å². The molecule has 0 aliphatic carbocycles. The maximum absolute atomic E-state index is 12.1. The van der Waals surface area contributed by atoms with Gasteiger partial charge < -0.3 is 14.8 Å². The molecular formula is C25H20Cl4NO4S+. The zero-order chi connectivity index (χ0) is 25.5. The molecule has 10 heteroatoms. The first-order chi connectivity index (χ1) is 16.7. The van der Waals surface area contributed by atoms with E-state index in [1.165, 1.54) is 0 Å². The van der Waals surface area contributed by atoms with Crippen LogP contribution in [0.25, 0.3) is 0 Å². The molecule has 0 aliphatic heterocycles. The highest BCUT2D eigenvalue weighted by Crippen LogP contribution is 2.40. The van der Waals surface area contributed by atoms with Crippen molar-refractivity contribution in [3.63, 3.8) is 0 Å². The highest BCUT2D eigenvalue weighted by Gasteiger charge is 2.33. The van der Waals surface area contributed by atoms with E-state index >= 15 is 0 Å². The zero-order valence-electron chi connectivity index (χ0n) is 18.4. The van der Waals surface area contributed by atoms with Crippen LogP contribution in [0.3, 0.4) is 0 Å². The first-order valence-corrected chi connectivity index (χ1v) is 12.9. The average Bonchev–Trinajstić information content (AvgIpc) is 2.80. The summed E-state index contributed by atoms with van der Waals surface area (Å²) in [6.07, 6.45) is -0.676. The minimum absolute atomic E-state index is 0.00618. The van der Waals surface area contributed by atoms with Crippen LogP contribution in [-0.4, -0.2) is 25.2 Å². The Kier molecular flexibility index (Phi) is 9.78. The number of carbonyl (C=O) groups excluding carboxylic acids is 2. The summed E-state index contributed by atoms with van der Waals surface area (Å²) >= 11 is 25.3. The summed E-state index contributed by atoms with van der Waals surface area (Å²) in [5.41, 5.74) is 0.284. The van der Waals surface area contributed by atoms with Crippen molar-refractivity contribution in [1.82, 2.24) is 5.32 Å². The van der Waals surface area contributed by atoms with Crippen LogP contribution in [0.15, 0.2) is 87.5 Å². The molecule has 0 unspecified atom stereocenters. The van der Waals surface area contributed by atoms with Gasteiger partial charge in [-0.3, -0.25) is 0 Å². The lowest BCUT2D eigenvalue weighted by Gasteiger charge is -2.12. The van der Waals surface area contributed by atoms with Crippen LogP contribution in [-0.2, 0) is 20.4 Å². The average molecular weight is 572 g/mol. The Bertz CT molecular complexity index is 1200. The predicted molar refractivity (Wildman–Crippen MR) is 141 cm³/mol. The third-order valence-corrected chi connectivity index (χ3v) is 8.11. The molecule has 0 aliphatic rings. The molecule has 0 aromatic heterocycles. The Morgan fingerprint density at radius 1 is 0.886 bits per heavy atom. The van der Waals surface area contributed by atoms with Crippen LogP contribution in [0.5, 0.6) is 5.75 Å². The van der Waals surface area contributed by atoms with Crippen molar-refractivity contribution in [2.45, 2.75) is 21.6 Å². The summed E-state index contributed by atoms with van der Waals surface area (Å²) in [4.78, 5) is 26.0. The molecule has 5 nitrogen and oxygen atoms in total. The molecule has 0 saturated carbocycles. The molecule has 1 N–H and O–H groups in total. The molecular weight excluding hydrogens is 552 g/mol. The van der Waals surface area contributed by atoms with Gasteiger partial charge in [-0.25, -0.2) is 9.59 Å². The van der Waals surface area contributed by atoms with Crippen LogP contribution in [0.2, 0.25) is 20.1 Å². The van der Waals surface area contributed by atoms with Gasteiger partial charge in [-0.2, -0.15) is 0 Å². The van der Waals surface area contributed by atoms with Gasteiger partial charge in [-0.15, -0.1) is 0 Å². The van der Waals surface area contributed by atoms with Gasteiger partial charge in [0.1, 0.15) is 23.3 Å². The minimum atomic E-state index is -0.683. The molecule has 3 aromatic carbocycles. The first kappa shape index (κ1) is 27.2. The Morgan fingerprint density at radius 2 is 1.43 bits per heavy atom. The largest absolute Gasteiger partial charge is 0.460 e. The Hall–Kier alpha value is -2.35. The summed E-state index contributed by atoms with van der Waals surface area (Å²) in [6, 6.07) is 17.6. The molecule has 0 heterocycles. The van der Waals surface area contributed by atoms with E-state index in [2.05, 4.69) is 11.9 Å². The molecule has 35 heavy (non-hydrogen) atoms. The number of hydrogen-bond acceptors (Lipinski definition) is 4. The van der Waals surface area contributed by atoms with Crippen LogP contribution >= 0.6 is 46.4 Å². The van der Waals surface area contributed by atoms with Gasteiger partial charge in [0.25, 0.3) is 0 Å². The smallest absolute Gasteiger partial charge is 0.412 e. The number of benzene rings is 3. The SMILES string of the molecule is C=C(C)C(=O)OCCNC(=O)Oc1ccc([S+](c2ccc(Cl)cc2Cl)c2ccc(Cl)cc2Cl)cc1. The number of rotatable bonds is 8. The fourth-order valence-corrected chi connectivity index (χ4v) is 6.21. The van der Waals surface area contributed by atoms with Crippen molar-refractivity contribution in [2.24, 2.45) is 0 Å². The molecule has 0 atom stereocenters. The van der Waals surface area contributed by atoms with Crippen LogP contribution in [0, 0.1) is 0 Å². The third kappa shape index (κ3) is 7.56. The normalized spacial score (nSPS) is 10.7. The van der Waals surface area contributed by atoms with Crippen molar-refractivity contribution in [2.75, 3.05) is 13.2 Å². The number of ether oxygens (including phenoxy) is 2. The number of carbonyl (C=O) groups is 2. The lowest BCUT2D eigenvalue weighted by atomic mass is 10.3. The van der Waals surface area contributed by atoms with E-state index in [9.17, 15) is 9.59 Å². The van der Waals surface area contributed by atoms with Gasteiger partial charge in [0.2, 0.25) is 0 Å². The number of nitrogens with one attached hydrogen (secondary N) is 1. The van der Waals surface area contributed by atoms with Crippen LogP contribution in [0.4, 0.5) is 4.79 Å². The summed E-state index contributed by atoms with van der Waals surface area (Å²) in [6.45, 7) is 5.14. The monoisotopic (exact) mass is 570 g/mol. The predicted octanol–water partition coefficient (Wildman–Crippen LogP) is 7.60. The summed E-state index contributed by atoms with van der Waals surface area (Å²) in [5, 5.41) is 4.56. The van der Waals surface area contributed by atoms with E-state index in [0.717, 1.165) is 14.7 Å². The quantitative estimate of drug-likeness (QED) is 0.131. The van der Waals surface area contributed by atoms with E-state index < -0.39 is 23.0 Å². The molecule has 182 valence electrons. The standard InChI is InChI=1S/C25H19Cl4NO4S/c1-15(2)24(31)33-12-11-30-25(32)34-18-5-7-19(8-6-18)35(22-9-3-16(26)13-20(22)28)23-10-4-17(27)14-21(23)29/h3-10,13-14H,1,11-12H2,2H3/p+1. The van der Waals surface area contributed by atoms with Crippen LogP contribution < -0.4 is 10.1 Å². The maximum atomic E-state index is 12.1. The lowest BCUT2D eigenvalue weighted by molar-refractivity contribution is -0.138. The van der Waals surface area contributed by atoms with Crippen LogP contribution in [0.1, 0.15) is 6.92 Å². The molecule has 0 saturated heterocycles. The topological polar surface area (TPSA) is 64.6 Å². The lowest BCUT2D eigenvalue weighted by Crippen LogP contribution is -2.30. The van der Waals surface area contributed by atoms with Crippen molar-refractivity contribution < 1.29 is 19.1 Å². The Labute approximate surface area is 226 Å². The van der Waals surface area contributed by atoms with E-state index in [-0.39, 0.29) is 18.7 Å². The molecule has 0 spiro atoms. The van der Waals surface area contributed by atoms with E-state index in [0.29, 0.717) is 25.8 Å². The molecule has 3 aromatic rings. The second-order valence-electron chi connectivity index (χ2n) is 7.16. The highest BCUT2D eigenvalue weighted by molar-refractivity contribution is 7.97. The summed E-state index contributed by atoms with van der Waals surface area (Å²) in [7, 11) is -0.683. The number of halogens is 4. The van der Waals surface area contributed by atoms with Gasteiger partial charge in [-0.05, 0) is 67.6 Å². The van der Waals surface area contributed by atoms with E-state index in [1.807, 2.05) is 24.3 Å². The van der Waals surface area contributed by atoms with Crippen molar-refractivity contribution in [1.29, 1.82) is 0 Å². The van der Waals surface area contributed by atoms with E-state index in [4.69, 9.17) is 55.9 Å². The summed E-state index contributed by atoms with van der Waals surface area (Å²) < 4.78 is 10.2. The van der Waals surface area contributed by atoms with Gasteiger partial charge in [0, 0.05) is 15.6 Å².